The van der Waals surface area contributed by atoms with Gasteiger partial charge in [0.1, 0.15) is 11.4 Å². The zero-order chi connectivity index (χ0) is 18.4. The van der Waals surface area contributed by atoms with Crippen molar-refractivity contribution in [1.82, 2.24) is 10.2 Å². The molecular formula is C20H32N2O3. The number of nitrogens with zero attached hydrogens (tertiary/aromatic N) is 1. The minimum Gasteiger partial charge on any atom is -0.497 e. The number of carbonyl (C=O) groups excluding carboxylic acids is 1. The molecule has 0 radical (unpaired) electrons. The third-order valence-electron chi connectivity index (χ3n) is 4.71. The van der Waals surface area contributed by atoms with Crippen molar-refractivity contribution in [3.8, 4) is 5.75 Å². The van der Waals surface area contributed by atoms with Crippen molar-refractivity contribution in [2.45, 2.75) is 45.1 Å². The quantitative estimate of drug-likeness (QED) is 0.882. The van der Waals surface area contributed by atoms with Crippen LogP contribution < -0.4 is 10.1 Å². The first-order chi connectivity index (χ1) is 11.8. The summed E-state index contributed by atoms with van der Waals surface area (Å²) in [5.41, 5.74) is 0.854. The molecule has 1 fully saturated rings. The Bertz CT molecular complexity index is 560. The van der Waals surface area contributed by atoms with Crippen LogP contribution in [-0.4, -0.2) is 50.4 Å². The van der Waals surface area contributed by atoms with E-state index in [0.29, 0.717) is 11.8 Å². The van der Waals surface area contributed by atoms with Gasteiger partial charge in [0.15, 0.2) is 0 Å². The molecule has 1 aromatic rings. The molecule has 1 heterocycles. The van der Waals surface area contributed by atoms with Crippen molar-refractivity contribution in [3.05, 3.63) is 29.8 Å². The summed E-state index contributed by atoms with van der Waals surface area (Å²) in [5.74, 6) is 1.85. The monoisotopic (exact) mass is 348 g/mol. The molecule has 140 valence electrons. The van der Waals surface area contributed by atoms with Gasteiger partial charge in [-0.1, -0.05) is 12.1 Å². The second-order valence-corrected chi connectivity index (χ2v) is 7.75. The number of hydrogen-bond donors (Lipinski definition) is 1. The summed E-state index contributed by atoms with van der Waals surface area (Å²) < 4.78 is 10.9. The zero-order valence-electron chi connectivity index (χ0n) is 16.2. The number of carbonyl (C=O) groups is 1. The van der Waals surface area contributed by atoms with Crippen molar-refractivity contribution in [3.63, 3.8) is 0 Å². The normalized spacial score (nSPS) is 17.2. The smallest absolute Gasteiger partial charge is 0.410 e. The van der Waals surface area contributed by atoms with Crippen molar-refractivity contribution < 1.29 is 14.3 Å². The average Bonchev–Trinajstić information content (AvgIpc) is 2.58. The number of methoxy groups -OCH3 is 1. The van der Waals surface area contributed by atoms with E-state index in [-0.39, 0.29) is 6.09 Å². The molecule has 1 unspecified atom stereocenters. The molecule has 5 heteroatoms. The number of piperidine rings is 1. The second-order valence-electron chi connectivity index (χ2n) is 7.75. The largest absolute Gasteiger partial charge is 0.497 e. The SMILES string of the molecule is CNCC(c1cccc(OC)c1)C1CCN(C(=O)OC(C)(C)C)CC1. The second kappa shape index (κ2) is 8.56. The Balaban J connectivity index is 2.01. The van der Waals surface area contributed by atoms with Gasteiger partial charge in [-0.3, -0.25) is 0 Å². The minimum atomic E-state index is -0.441. The maximum Gasteiger partial charge on any atom is 0.410 e. The van der Waals surface area contributed by atoms with Gasteiger partial charge >= 0.3 is 6.09 Å². The van der Waals surface area contributed by atoms with Gasteiger partial charge in [0.05, 0.1) is 7.11 Å². The first-order valence-electron chi connectivity index (χ1n) is 9.10. The van der Waals surface area contributed by atoms with Crippen LogP contribution in [0.15, 0.2) is 24.3 Å². The number of likely N-dealkylation sites (tertiary alicyclic amines) is 1. The Kier molecular flexibility index (Phi) is 6.71. The van der Waals surface area contributed by atoms with Crippen LogP contribution in [-0.2, 0) is 4.74 Å². The molecule has 0 spiro atoms. The molecule has 1 aromatic carbocycles. The number of amides is 1. The lowest BCUT2D eigenvalue weighted by molar-refractivity contribution is 0.0174. The molecule has 0 saturated carbocycles. The third kappa shape index (κ3) is 5.63. The van der Waals surface area contributed by atoms with Crippen molar-refractivity contribution in [1.29, 1.82) is 0 Å². The first kappa shape index (κ1) is 19.6. The van der Waals surface area contributed by atoms with Crippen LogP contribution in [0.1, 0.15) is 45.1 Å². The van der Waals surface area contributed by atoms with Gasteiger partial charge in [0, 0.05) is 19.6 Å². The van der Waals surface area contributed by atoms with Gasteiger partial charge in [-0.15, -0.1) is 0 Å². The predicted molar refractivity (Wildman–Crippen MR) is 100 cm³/mol. The standard InChI is InChI=1S/C20H32N2O3/c1-20(2,3)25-19(23)22-11-9-15(10-12-22)18(14-21-4)16-7-6-8-17(13-16)24-5/h6-8,13,15,18,21H,9-12,14H2,1-5H3. The van der Waals surface area contributed by atoms with Crippen LogP contribution in [0.4, 0.5) is 4.79 Å². The number of nitrogens with one attached hydrogen (secondary N) is 1. The Hall–Kier alpha value is -1.75. The Morgan fingerprint density at radius 3 is 2.56 bits per heavy atom. The van der Waals surface area contributed by atoms with Crippen LogP contribution in [0.5, 0.6) is 5.75 Å². The van der Waals surface area contributed by atoms with Crippen LogP contribution in [0.3, 0.4) is 0 Å². The summed E-state index contributed by atoms with van der Waals surface area (Å²) in [6, 6.07) is 8.32. The number of rotatable bonds is 5. The molecule has 1 N–H and O–H groups in total. The van der Waals surface area contributed by atoms with Crippen molar-refractivity contribution in [2.24, 2.45) is 5.92 Å². The van der Waals surface area contributed by atoms with Crippen LogP contribution in [0.2, 0.25) is 0 Å². The molecule has 2 rings (SSSR count). The van der Waals surface area contributed by atoms with Gasteiger partial charge in [0.25, 0.3) is 0 Å². The van der Waals surface area contributed by atoms with E-state index in [9.17, 15) is 4.79 Å². The molecule has 5 nitrogen and oxygen atoms in total. The molecule has 0 aliphatic carbocycles. The highest BCUT2D eigenvalue weighted by atomic mass is 16.6. The fraction of sp³-hybridized carbons (Fsp3) is 0.650. The highest BCUT2D eigenvalue weighted by Gasteiger charge is 2.31. The van der Waals surface area contributed by atoms with E-state index >= 15 is 0 Å². The fourth-order valence-corrected chi connectivity index (χ4v) is 3.46. The van der Waals surface area contributed by atoms with Gasteiger partial charge < -0.3 is 19.7 Å². The maximum atomic E-state index is 12.2. The van der Waals surface area contributed by atoms with Gasteiger partial charge in [-0.2, -0.15) is 0 Å². The summed E-state index contributed by atoms with van der Waals surface area (Å²) in [5, 5.41) is 3.32. The fourth-order valence-electron chi connectivity index (χ4n) is 3.46. The maximum absolute atomic E-state index is 12.2. The van der Waals surface area contributed by atoms with Gasteiger partial charge in [-0.05, 0) is 70.2 Å². The summed E-state index contributed by atoms with van der Waals surface area (Å²) >= 11 is 0. The van der Waals surface area contributed by atoms with Gasteiger partial charge in [-0.25, -0.2) is 4.79 Å². The summed E-state index contributed by atoms with van der Waals surface area (Å²) in [7, 11) is 3.69. The molecule has 1 amide bonds. The molecule has 1 atom stereocenters. The molecule has 1 aliphatic heterocycles. The molecule has 25 heavy (non-hydrogen) atoms. The van der Waals surface area contributed by atoms with E-state index in [4.69, 9.17) is 9.47 Å². The Morgan fingerprint density at radius 1 is 1.32 bits per heavy atom. The van der Waals surface area contributed by atoms with Crippen LogP contribution in [0.25, 0.3) is 0 Å². The highest BCUT2D eigenvalue weighted by Crippen LogP contribution is 2.34. The van der Waals surface area contributed by atoms with E-state index < -0.39 is 5.60 Å². The third-order valence-corrected chi connectivity index (χ3v) is 4.71. The van der Waals surface area contributed by atoms with E-state index in [2.05, 4.69) is 17.4 Å². The number of likely N-dealkylation sites (N-methyl/N-ethyl adjacent to an activating group) is 1. The zero-order valence-corrected chi connectivity index (χ0v) is 16.2. The van der Waals surface area contributed by atoms with Gasteiger partial charge in [0.2, 0.25) is 0 Å². The van der Waals surface area contributed by atoms with E-state index in [1.165, 1.54) is 5.56 Å². The highest BCUT2D eigenvalue weighted by molar-refractivity contribution is 5.68. The molecular weight excluding hydrogens is 316 g/mol. The van der Waals surface area contributed by atoms with Crippen LogP contribution in [0, 0.1) is 5.92 Å². The molecule has 1 saturated heterocycles. The molecule has 0 aromatic heterocycles. The Labute approximate surface area is 151 Å². The van der Waals surface area contributed by atoms with Crippen molar-refractivity contribution in [2.75, 3.05) is 33.8 Å². The van der Waals surface area contributed by atoms with Crippen LogP contribution >= 0.6 is 0 Å². The summed E-state index contributed by atoms with van der Waals surface area (Å²) in [4.78, 5) is 14.1. The Morgan fingerprint density at radius 2 is 2.00 bits per heavy atom. The van der Waals surface area contributed by atoms with E-state index in [0.717, 1.165) is 38.2 Å². The van der Waals surface area contributed by atoms with Crippen molar-refractivity contribution >= 4 is 6.09 Å². The number of ether oxygens (including phenoxy) is 2. The molecule has 1 aliphatic rings. The molecule has 0 bridgehead atoms. The summed E-state index contributed by atoms with van der Waals surface area (Å²) in [6.07, 6.45) is 1.78. The van der Waals surface area contributed by atoms with E-state index in [1.807, 2.05) is 44.9 Å². The summed E-state index contributed by atoms with van der Waals surface area (Å²) in [6.45, 7) is 8.15. The van der Waals surface area contributed by atoms with E-state index in [1.54, 1.807) is 7.11 Å². The topological polar surface area (TPSA) is 50.8 Å². The number of hydrogen-bond acceptors (Lipinski definition) is 4. The average molecular weight is 348 g/mol. The lowest BCUT2D eigenvalue weighted by Gasteiger charge is -2.37. The minimum absolute atomic E-state index is 0.197. The lowest BCUT2D eigenvalue weighted by atomic mass is 9.80. The lowest BCUT2D eigenvalue weighted by Crippen LogP contribution is -2.43. The first-order valence-corrected chi connectivity index (χ1v) is 9.10. The number of benzene rings is 1. The predicted octanol–water partition coefficient (Wildman–Crippen LogP) is 3.65.